The molecule has 9 nitrogen and oxygen atoms in total. The average Bonchev–Trinajstić information content (AvgIpc) is 3.36. The first-order chi connectivity index (χ1) is 17.5. The molecule has 0 saturated carbocycles. The minimum absolute atomic E-state index is 0.233. The third kappa shape index (κ3) is 4.87. The zero-order valence-corrected chi connectivity index (χ0v) is 20.7. The largest absolute Gasteiger partial charge is 0.489 e. The Balaban J connectivity index is 1.39. The highest BCUT2D eigenvalue weighted by Crippen LogP contribution is 2.29. The van der Waals surface area contributed by atoms with Crippen molar-refractivity contribution < 1.29 is 19.0 Å². The first-order valence-corrected chi connectivity index (χ1v) is 12.0. The lowest BCUT2D eigenvalue weighted by molar-refractivity contribution is 0.0600. The number of fused-ring (bicyclic) bond motifs is 1. The van der Waals surface area contributed by atoms with Crippen LogP contribution < -0.4 is 9.64 Å². The van der Waals surface area contributed by atoms with Gasteiger partial charge in [-0.05, 0) is 43.7 Å². The number of aromatic nitrogens is 4. The lowest BCUT2D eigenvalue weighted by atomic mass is 10.1. The summed E-state index contributed by atoms with van der Waals surface area (Å²) in [6, 6.07) is 15.3. The number of benzene rings is 2. The van der Waals surface area contributed by atoms with Crippen LogP contribution in [0.2, 0.25) is 0 Å². The number of ether oxygens (including phenoxy) is 3. The van der Waals surface area contributed by atoms with E-state index in [0.717, 1.165) is 41.1 Å². The molecule has 0 N–H and O–H groups in total. The fourth-order valence-corrected chi connectivity index (χ4v) is 4.12. The van der Waals surface area contributed by atoms with Crippen LogP contribution in [0.25, 0.3) is 22.4 Å². The predicted molar refractivity (Wildman–Crippen MR) is 136 cm³/mol. The summed E-state index contributed by atoms with van der Waals surface area (Å²) < 4.78 is 18.2. The molecule has 0 spiro atoms. The molecule has 36 heavy (non-hydrogen) atoms. The Kier molecular flexibility index (Phi) is 6.81. The fraction of sp³-hybridized carbons (Fsp3) is 0.333. The topological polar surface area (TPSA) is 91.6 Å². The van der Waals surface area contributed by atoms with E-state index in [9.17, 15) is 4.79 Å². The minimum Gasteiger partial charge on any atom is -0.489 e. The summed E-state index contributed by atoms with van der Waals surface area (Å²) in [6.45, 7) is 7.50. The zero-order chi connectivity index (χ0) is 25.1. The van der Waals surface area contributed by atoms with Crippen LogP contribution in [0.5, 0.6) is 5.75 Å². The molecule has 0 amide bonds. The van der Waals surface area contributed by atoms with Crippen LogP contribution in [0.3, 0.4) is 0 Å². The Bertz CT molecular complexity index is 1340. The number of anilines is 1. The van der Waals surface area contributed by atoms with E-state index in [0.29, 0.717) is 37.1 Å². The van der Waals surface area contributed by atoms with Crippen molar-refractivity contribution in [2.45, 2.75) is 26.5 Å². The number of morpholine rings is 1. The van der Waals surface area contributed by atoms with Crippen LogP contribution in [-0.2, 0) is 16.1 Å². The quantitative estimate of drug-likeness (QED) is 0.357. The zero-order valence-electron chi connectivity index (χ0n) is 20.7. The van der Waals surface area contributed by atoms with E-state index < -0.39 is 0 Å². The van der Waals surface area contributed by atoms with Crippen molar-refractivity contribution in [2.24, 2.45) is 0 Å². The highest BCUT2D eigenvalue weighted by Gasteiger charge is 2.20. The molecule has 2 aromatic heterocycles. The van der Waals surface area contributed by atoms with Gasteiger partial charge in [0.15, 0.2) is 5.65 Å². The van der Waals surface area contributed by atoms with E-state index in [1.165, 1.54) is 7.11 Å². The van der Waals surface area contributed by atoms with E-state index in [4.69, 9.17) is 24.2 Å². The molecule has 0 unspecified atom stereocenters. The fourth-order valence-electron chi connectivity index (χ4n) is 4.12. The number of nitrogens with zero attached hydrogens (tertiary/aromatic N) is 5. The van der Waals surface area contributed by atoms with E-state index in [2.05, 4.69) is 28.3 Å². The summed E-state index contributed by atoms with van der Waals surface area (Å²) >= 11 is 0. The van der Waals surface area contributed by atoms with Gasteiger partial charge in [-0.1, -0.05) is 24.3 Å². The van der Waals surface area contributed by atoms with Gasteiger partial charge in [-0.3, -0.25) is 0 Å². The molecule has 2 aromatic carbocycles. The molecule has 186 valence electrons. The number of methoxy groups -OCH3 is 1. The molecule has 9 heteroatoms. The molecule has 1 aliphatic heterocycles. The van der Waals surface area contributed by atoms with E-state index in [1.807, 2.05) is 30.6 Å². The molecular weight excluding hydrogens is 458 g/mol. The SMILES string of the molecule is COC(=O)c1ccc(OCc2ccc(-c3nc(N4CCOCC4)nc4c3ncn4C(C)C)cc2)cc1. The third-order valence-electron chi connectivity index (χ3n) is 6.17. The summed E-state index contributed by atoms with van der Waals surface area (Å²) in [7, 11) is 1.36. The summed E-state index contributed by atoms with van der Waals surface area (Å²) in [6.07, 6.45) is 1.84. The molecule has 5 rings (SSSR count). The van der Waals surface area contributed by atoms with Gasteiger partial charge in [0.2, 0.25) is 5.95 Å². The smallest absolute Gasteiger partial charge is 0.337 e. The van der Waals surface area contributed by atoms with Crippen molar-refractivity contribution >= 4 is 23.1 Å². The Morgan fingerprint density at radius 1 is 1.03 bits per heavy atom. The maximum Gasteiger partial charge on any atom is 0.337 e. The molecule has 0 atom stereocenters. The lowest BCUT2D eigenvalue weighted by Gasteiger charge is -2.27. The van der Waals surface area contributed by atoms with Crippen LogP contribution in [0.4, 0.5) is 5.95 Å². The molecule has 0 bridgehead atoms. The van der Waals surface area contributed by atoms with Crippen molar-refractivity contribution in [3.63, 3.8) is 0 Å². The van der Waals surface area contributed by atoms with Crippen LogP contribution in [0, 0.1) is 0 Å². The standard InChI is InChI=1S/C27H29N5O4/c1-18(2)32-17-28-24-23(29-27(30-25(24)32)31-12-14-35-15-13-31)20-6-4-19(5-7-20)16-36-22-10-8-21(9-11-22)26(33)34-3/h4-11,17-18H,12-16H2,1-3H3. The van der Waals surface area contributed by atoms with Crippen molar-refractivity contribution in [2.75, 3.05) is 38.3 Å². The second-order valence-electron chi connectivity index (χ2n) is 8.89. The first kappa shape index (κ1) is 23.7. The lowest BCUT2D eigenvalue weighted by Crippen LogP contribution is -2.37. The maximum absolute atomic E-state index is 11.6. The van der Waals surface area contributed by atoms with Gasteiger partial charge < -0.3 is 23.7 Å². The monoisotopic (exact) mass is 487 g/mol. The number of carbonyl (C=O) groups excluding carboxylic acids is 1. The number of esters is 1. The Morgan fingerprint density at radius 3 is 2.42 bits per heavy atom. The molecule has 1 saturated heterocycles. The molecule has 3 heterocycles. The number of carbonyl (C=O) groups is 1. The highest BCUT2D eigenvalue weighted by molar-refractivity contribution is 5.89. The summed E-state index contributed by atoms with van der Waals surface area (Å²) in [5.74, 6) is 1.01. The van der Waals surface area contributed by atoms with Crippen LogP contribution in [0.1, 0.15) is 35.8 Å². The van der Waals surface area contributed by atoms with Gasteiger partial charge in [0.05, 0.1) is 32.2 Å². The van der Waals surface area contributed by atoms with Crippen LogP contribution in [0.15, 0.2) is 54.9 Å². The maximum atomic E-state index is 11.6. The van der Waals surface area contributed by atoms with Gasteiger partial charge in [-0.25, -0.2) is 14.8 Å². The van der Waals surface area contributed by atoms with E-state index in [-0.39, 0.29) is 12.0 Å². The average molecular weight is 488 g/mol. The minimum atomic E-state index is -0.369. The van der Waals surface area contributed by atoms with Gasteiger partial charge in [0.1, 0.15) is 23.6 Å². The summed E-state index contributed by atoms with van der Waals surface area (Å²) in [5, 5.41) is 0. The number of imidazole rings is 1. The van der Waals surface area contributed by atoms with Crippen LogP contribution in [-0.4, -0.2) is 58.9 Å². The van der Waals surface area contributed by atoms with Crippen molar-refractivity contribution in [1.29, 1.82) is 0 Å². The molecule has 1 fully saturated rings. The second-order valence-corrected chi connectivity index (χ2v) is 8.89. The third-order valence-corrected chi connectivity index (χ3v) is 6.17. The van der Waals surface area contributed by atoms with Gasteiger partial charge >= 0.3 is 5.97 Å². The van der Waals surface area contributed by atoms with Crippen molar-refractivity contribution in [1.82, 2.24) is 19.5 Å². The van der Waals surface area contributed by atoms with Crippen LogP contribution >= 0.6 is 0 Å². The summed E-state index contributed by atoms with van der Waals surface area (Å²) in [5.41, 5.74) is 4.91. The molecule has 0 aliphatic carbocycles. The van der Waals surface area contributed by atoms with E-state index >= 15 is 0 Å². The molecular formula is C27H29N5O4. The van der Waals surface area contributed by atoms with Gasteiger partial charge in [0.25, 0.3) is 0 Å². The number of rotatable bonds is 7. The Hall–Kier alpha value is -3.98. The van der Waals surface area contributed by atoms with Crippen molar-refractivity contribution in [3.05, 3.63) is 66.0 Å². The number of hydrogen-bond donors (Lipinski definition) is 0. The predicted octanol–water partition coefficient (Wildman–Crippen LogP) is 4.28. The highest BCUT2D eigenvalue weighted by atomic mass is 16.5. The Labute approximate surface area is 209 Å². The van der Waals surface area contributed by atoms with Gasteiger partial charge in [-0.2, -0.15) is 4.98 Å². The Morgan fingerprint density at radius 2 is 1.75 bits per heavy atom. The van der Waals surface area contributed by atoms with E-state index in [1.54, 1.807) is 24.3 Å². The first-order valence-electron chi connectivity index (χ1n) is 12.0. The molecule has 1 aliphatic rings. The van der Waals surface area contributed by atoms with Gasteiger partial charge in [0, 0.05) is 24.7 Å². The normalized spacial score (nSPS) is 13.8. The summed E-state index contributed by atoms with van der Waals surface area (Å²) in [4.78, 5) is 28.2. The van der Waals surface area contributed by atoms with Gasteiger partial charge in [-0.15, -0.1) is 0 Å². The van der Waals surface area contributed by atoms with Crippen molar-refractivity contribution in [3.8, 4) is 17.0 Å². The number of hydrogen-bond acceptors (Lipinski definition) is 8. The second kappa shape index (κ2) is 10.3. The molecule has 0 radical (unpaired) electrons. The molecule has 4 aromatic rings.